The maximum absolute atomic E-state index is 5.77. The summed E-state index contributed by atoms with van der Waals surface area (Å²) < 4.78 is 5.77. The predicted molar refractivity (Wildman–Crippen MR) is 80.9 cm³/mol. The predicted octanol–water partition coefficient (Wildman–Crippen LogP) is 3.98. The smallest absolute Gasteiger partial charge is 0.119 e. The molecule has 2 aromatic rings. The first-order valence-electron chi connectivity index (χ1n) is 6.77. The first-order valence-corrected chi connectivity index (χ1v) is 6.77. The standard InChI is InChI=1S/C17H21NO/c1-15(2)18(16-9-5-3-6-10-16)13-14-19-17-11-7-4-8-12-17/h3-12,15H,13-14H2,1-2H3. The van der Waals surface area contributed by atoms with Crippen molar-refractivity contribution in [1.82, 2.24) is 0 Å². The highest BCUT2D eigenvalue weighted by atomic mass is 16.5. The number of ether oxygens (including phenoxy) is 1. The van der Waals surface area contributed by atoms with Crippen molar-refractivity contribution in [3.05, 3.63) is 60.7 Å². The van der Waals surface area contributed by atoms with Gasteiger partial charge in [-0.3, -0.25) is 0 Å². The summed E-state index contributed by atoms with van der Waals surface area (Å²) in [6.07, 6.45) is 0. The second-order valence-electron chi connectivity index (χ2n) is 4.78. The topological polar surface area (TPSA) is 12.5 Å². The molecule has 0 aliphatic heterocycles. The number of anilines is 1. The quantitative estimate of drug-likeness (QED) is 0.774. The molecule has 0 bridgehead atoms. The van der Waals surface area contributed by atoms with Gasteiger partial charge in [0.15, 0.2) is 0 Å². The van der Waals surface area contributed by atoms with Gasteiger partial charge in [-0.15, -0.1) is 0 Å². The molecule has 100 valence electrons. The van der Waals surface area contributed by atoms with Crippen molar-refractivity contribution >= 4 is 5.69 Å². The molecule has 2 rings (SSSR count). The fraction of sp³-hybridized carbons (Fsp3) is 0.294. The summed E-state index contributed by atoms with van der Waals surface area (Å²) in [6, 6.07) is 20.9. The molecule has 0 atom stereocenters. The Hall–Kier alpha value is -1.96. The van der Waals surface area contributed by atoms with E-state index < -0.39 is 0 Å². The number of para-hydroxylation sites is 2. The molecule has 2 aromatic carbocycles. The zero-order chi connectivity index (χ0) is 13.5. The van der Waals surface area contributed by atoms with Crippen LogP contribution in [0.15, 0.2) is 60.7 Å². The third-order valence-electron chi connectivity index (χ3n) is 3.06. The SMILES string of the molecule is CC(C)N(CCOc1ccccc1)c1ccccc1. The molecule has 0 saturated heterocycles. The summed E-state index contributed by atoms with van der Waals surface area (Å²) in [5.41, 5.74) is 1.24. The van der Waals surface area contributed by atoms with Gasteiger partial charge in [0.05, 0.1) is 6.54 Å². The van der Waals surface area contributed by atoms with Crippen LogP contribution in [-0.4, -0.2) is 19.2 Å². The molecule has 0 N–H and O–H groups in total. The third kappa shape index (κ3) is 4.02. The van der Waals surface area contributed by atoms with E-state index in [1.165, 1.54) is 5.69 Å². The van der Waals surface area contributed by atoms with Crippen molar-refractivity contribution in [2.24, 2.45) is 0 Å². The van der Waals surface area contributed by atoms with Crippen LogP contribution in [0.25, 0.3) is 0 Å². The number of rotatable bonds is 6. The lowest BCUT2D eigenvalue weighted by Gasteiger charge is -2.29. The van der Waals surface area contributed by atoms with Crippen LogP contribution in [0.3, 0.4) is 0 Å². The van der Waals surface area contributed by atoms with Crippen LogP contribution < -0.4 is 9.64 Å². The van der Waals surface area contributed by atoms with E-state index in [9.17, 15) is 0 Å². The summed E-state index contributed by atoms with van der Waals surface area (Å²) in [6.45, 7) is 5.98. The maximum atomic E-state index is 5.77. The first-order chi connectivity index (χ1) is 9.27. The minimum absolute atomic E-state index is 0.460. The van der Waals surface area contributed by atoms with Crippen molar-refractivity contribution in [3.63, 3.8) is 0 Å². The summed E-state index contributed by atoms with van der Waals surface area (Å²) in [5.74, 6) is 0.930. The molecule has 0 aliphatic rings. The van der Waals surface area contributed by atoms with E-state index in [4.69, 9.17) is 4.74 Å². The molecule has 0 amide bonds. The molecule has 2 nitrogen and oxygen atoms in total. The average molecular weight is 255 g/mol. The van der Waals surface area contributed by atoms with E-state index in [0.717, 1.165) is 12.3 Å². The zero-order valence-corrected chi connectivity index (χ0v) is 11.6. The minimum Gasteiger partial charge on any atom is -0.492 e. The Labute approximate surface area is 115 Å². The van der Waals surface area contributed by atoms with Crippen molar-refractivity contribution < 1.29 is 4.74 Å². The minimum atomic E-state index is 0.460. The van der Waals surface area contributed by atoms with Gasteiger partial charge in [-0.25, -0.2) is 0 Å². The first kappa shape index (κ1) is 13.5. The van der Waals surface area contributed by atoms with E-state index >= 15 is 0 Å². The van der Waals surface area contributed by atoms with Crippen LogP contribution in [-0.2, 0) is 0 Å². The molecule has 0 saturated carbocycles. The molecule has 0 unspecified atom stereocenters. The summed E-state index contributed by atoms with van der Waals surface area (Å²) >= 11 is 0. The van der Waals surface area contributed by atoms with Crippen LogP contribution in [0.1, 0.15) is 13.8 Å². The van der Waals surface area contributed by atoms with Crippen LogP contribution >= 0.6 is 0 Å². The lowest BCUT2D eigenvalue weighted by Crippen LogP contribution is -2.34. The number of hydrogen-bond acceptors (Lipinski definition) is 2. The van der Waals surface area contributed by atoms with Crippen LogP contribution in [0.5, 0.6) is 5.75 Å². The van der Waals surface area contributed by atoms with Crippen molar-refractivity contribution in [3.8, 4) is 5.75 Å². The zero-order valence-electron chi connectivity index (χ0n) is 11.6. The summed E-state index contributed by atoms with van der Waals surface area (Å²) in [4.78, 5) is 2.35. The maximum Gasteiger partial charge on any atom is 0.119 e. The van der Waals surface area contributed by atoms with Gasteiger partial charge >= 0.3 is 0 Å². The van der Waals surface area contributed by atoms with Gasteiger partial charge in [0, 0.05) is 11.7 Å². The van der Waals surface area contributed by atoms with Crippen molar-refractivity contribution in [2.45, 2.75) is 19.9 Å². The van der Waals surface area contributed by atoms with Gasteiger partial charge in [-0.2, -0.15) is 0 Å². The molecule has 0 radical (unpaired) electrons. The van der Waals surface area contributed by atoms with E-state index in [0.29, 0.717) is 12.6 Å². The third-order valence-corrected chi connectivity index (χ3v) is 3.06. The second-order valence-corrected chi connectivity index (χ2v) is 4.78. The van der Waals surface area contributed by atoms with Gasteiger partial charge in [-0.05, 0) is 38.1 Å². The van der Waals surface area contributed by atoms with Crippen LogP contribution in [0, 0.1) is 0 Å². The van der Waals surface area contributed by atoms with Gasteiger partial charge in [0.2, 0.25) is 0 Å². The normalized spacial score (nSPS) is 10.5. The Kier molecular flexibility index (Phi) is 4.85. The van der Waals surface area contributed by atoms with E-state index in [2.05, 4.69) is 43.0 Å². The van der Waals surface area contributed by atoms with E-state index in [-0.39, 0.29) is 0 Å². The van der Waals surface area contributed by atoms with E-state index in [1.54, 1.807) is 0 Å². The van der Waals surface area contributed by atoms with Gasteiger partial charge in [0.25, 0.3) is 0 Å². The number of hydrogen-bond donors (Lipinski definition) is 0. The van der Waals surface area contributed by atoms with Gasteiger partial charge < -0.3 is 9.64 Å². The molecule has 0 heterocycles. The fourth-order valence-electron chi connectivity index (χ4n) is 2.08. The Balaban J connectivity index is 1.92. The molecule has 0 fully saturated rings. The molecule has 0 aromatic heterocycles. The number of nitrogens with zero attached hydrogens (tertiary/aromatic N) is 1. The van der Waals surface area contributed by atoms with Crippen LogP contribution in [0.2, 0.25) is 0 Å². The molecular formula is C17H21NO. The Morgan fingerprint density at radius 2 is 1.47 bits per heavy atom. The van der Waals surface area contributed by atoms with Gasteiger partial charge in [0.1, 0.15) is 12.4 Å². The Morgan fingerprint density at radius 3 is 2.05 bits per heavy atom. The molecule has 19 heavy (non-hydrogen) atoms. The summed E-state index contributed by atoms with van der Waals surface area (Å²) in [7, 11) is 0. The van der Waals surface area contributed by atoms with Crippen molar-refractivity contribution in [2.75, 3.05) is 18.1 Å². The highest BCUT2D eigenvalue weighted by Crippen LogP contribution is 2.16. The van der Waals surface area contributed by atoms with Crippen molar-refractivity contribution in [1.29, 1.82) is 0 Å². The highest BCUT2D eigenvalue weighted by Gasteiger charge is 2.09. The second kappa shape index (κ2) is 6.83. The Morgan fingerprint density at radius 1 is 0.895 bits per heavy atom. The molecule has 0 spiro atoms. The molecule has 0 aliphatic carbocycles. The Bertz CT molecular complexity index is 467. The van der Waals surface area contributed by atoms with E-state index in [1.807, 2.05) is 36.4 Å². The lowest BCUT2D eigenvalue weighted by molar-refractivity contribution is 0.320. The molecule has 2 heteroatoms. The fourth-order valence-corrected chi connectivity index (χ4v) is 2.08. The highest BCUT2D eigenvalue weighted by molar-refractivity contribution is 5.46. The number of benzene rings is 2. The molecular weight excluding hydrogens is 234 g/mol. The van der Waals surface area contributed by atoms with Crippen LogP contribution in [0.4, 0.5) is 5.69 Å². The van der Waals surface area contributed by atoms with Gasteiger partial charge in [-0.1, -0.05) is 36.4 Å². The lowest BCUT2D eigenvalue weighted by atomic mass is 10.2. The average Bonchev–Trinajstić information content (AvgIpc) is 2.45. The summed E-state index contributed by atoms with van der Waals surface area (Å²) in [5, 5.41) is 0. The monoisotopic (exact) mass is 255 g/mol. The largest absolute Gasteiger partial charge is 0.492 e.